The minimum atomic E-state index is -0.679. The highest BCUT2D eigenvalue weighted by Gasteiger charge is 2.15. The molecule has 15 heavy (non-hydrogen) atoms. The summed E-state index contributed by atoms with van der Waals surface area (Å²) in [5.74, 6) is -1.21. The van der Waals surface area contributed by atoms with Gasteiger partial charge in [-0.15, -0.1) is 0 Å². The summed E-state index contributed by atoms with van der Waals surface area (Å²) in [5, 5.41) is 30.0. The second-order valence-electron chi connectivity index (χ2n) is 3.23. The standard InChI is InChI=1S/C10H13NO4/c1-6(12)5-11-10(15)9-7(13)3-2-4-8(9)14/h2-4,6,12-14H,5H2,1H3,(H,11,15)/t6-/m1/s1. The van der Waals surface area contributed by atoms with Gasteiger partial charge in [-0.05, 0) is 19.1 Å². The lowest BCUT2D eigenvalue weighted by Crippen LogP contribution is -2.30. The molecule has 0 unspecified atom stereocenters. The van der Waals surface area contributed by atoms with Crippen LogP contribution in [0.15, 0.2) is 18.2 Å². The maximum absolute atomic E-state index is 11.4. The second-order valence-corrected chi connectivity index (χ2v) is 3.23. The topological polar surface area (TPSA) is 89.8 Å². The van der Waals surface area contributed by atoms with Crippen LogP contribution in [0.1, 0.15) is 17.3 Å². The fourth-order valence-corrected chi connectivity index (χ4v) is 1.09. The van der Waals surface area contributed by atoms with Gasteiger partial charge in [0.15, 0.2) is 0 Å². The Morgan fingerprint density at radius 1 is 1.40 bits per heavy atom. The molecule has 1 amide bonds. The average molecular weight is 211 g/mol. The van der Waals surface area contributed by atoms with Crippen LogP contribution in [0.5, 0.6) is 11.5 Å². The summed E-state index contributed by atoms with van der Waals surface area (Å²) < 4.78 is 0. The highest BCUT2D eigenvalue weighted by Crippen LogP contribution is 2.25. The molecule has 0 spiro atoms. The third-order valence-corrected chi connectivity index (χ3v) is 1.81. The van der Waals surface area contributed by atoms with Gasteiger partial charge in [-0.2, -0.15) is 0 Å². The number of aliphatic hydroxyl groups is 1. The highest BCUT2D eigenvalue weighted by atomic mass is 16.3. The molecule has 0 bridgehead atoms. The lowest BCUT2D eigenvalue weighted by atomic mass is 10.1. The molecular weight excluding hydrogens is 198 g/mol. The number of benzene rings is 1. The summed E-state index contributed by atoms with van der Waals surface area (Å²) >= 11 is 0. The molecule has 1 aromatic rings. The molecule has 0 aromatic heterocycles. The molecule has 1 atom stereocenters. The zero-order chi connectivity index (χ0) is 11.4. The number of amides is 1. The number of rotatable bonds is 3. The molecule has 0 saturated heterocycles. The molecule has 0 aliphatic carbocycles. The Labute approximate surface area is 87.0 Å². The van der Waals surface area contributed by atoms with Gasteiger partial charge in [-0.1, -0.05) is 6.07 Å². The number of hydrogen-bond donors (Lipinski definition) is 4. The molecule has 82 valence electrons. The number of aliphatic hydroxyl groups excluding tert-OH is 1. The van der Waals surface area contributed by atoms with Crippen LogP contribution in [0.25, 0.3) is 0 Å². The normalized spacial score (nSPS) is 12.1. The Kier molecular flexibility index (Phi) is 3.51. The third-order valence-electron chi connectivity index (χ3n) is 1.81. The summed E-state index contributed by atoms with van der Waals surface area (Å²) in [6.45, 7) is 1.58. The summed E-state index contributed by atoms with van der Waals surface area (Å²) in [5.41, 5.74) is -0.182. The second kappa shape index (κ2) is 4.65. The number of carbonyl (C=O) groups excluding carboxylic acids is 1. The van der Waals surface area contributed by atoms with Gasteiger partial charge < -0.3 is 20.6 Å². The lowest BCUT2D eigenvalue weighted by Gasteiger charge is -2.09. The minimum Gasteiger partial charge on any atom is -0.507 e. The van der Waals surface area contributed by atoms with Gasteiger partial charge in [-0.25, -0.2) is 0 Å². The minimum absolute atomic E-state index is 0.0621. The summed E-state index contributed by atoms with van der Waals surface area (Å²) in [4.78, 5) is 11.4. The van der Waals surface area contributed by atoms with E-state index >= 15 is 0 Å². The van der Waals surface area contributed by atoms with Crippen molar-refractivity contribution in [2.45, 2.75) is 13.0 Å². The van der Waals surface area contributed by atoms with Crippen LogP contribution in [0.3, 0.4) is 0 Å². The van der Waals surface area contributed by atoms with E-state index in [1.807, 2.05) is 0 Å². The maximum Gasteiger partial charge on any atom is 0.258 e. The molecule has 1 aromatic carbocycles. The summed E-state index contributed by atoms with van der Waals surface area (Å²) in [7, 11) is 0. The molecule has 0 heterocycles. The summed E-state index contributed by atoms with van der Waals surface area (Å²) in [6, 6.07) is 4.03. The Hall–Kier alpha value is -1.75. The number of phenols is 2. The van der Waals surface area contributed by atoms with Crippen molar-refractivity contribution >= 4 is 5.91 Å². The van der Waals surface area contributed by atoms with Crippen LogP contribution in [-0.2, 0) is 0 Å². The Bertz CT molecular complexity index is 342. The van der Waals surface area contributed by atoms with E-state index in [2.05, 4.69) is 5.32 Å². The predicted octanol–water partition coefficient (Wildman–Crippen LogP) is 0.208. The van der Waals surface area contributed by atoms with Crippen LogP contribution >= 0.6 is 0 Å². The fourth-order valence-electron chi connectivity index (χ4n) is 1.09. The molecule has 0 saturated carbocycles. The van der Waals surface area contributed by atoms with Gasteiger partial charge >= 0.3 is 0 Å². The van der Waals surface area contributed by atoms with Crippen molar-refractivity contribution in [2.75, 3.05) is 6.54 Å². The molecule has 1 rings (SSSR count). The number of carbonyl (C=O) groups is 1. The lowest BCUT2D eigenvalue weighted by molar-refractivity contribution is 0.0918. The van der Waals surface area contributed by atoms with Crippen molar-refractivity contribution in [3.8, 4) is 11.5 Å². The van der Waals surface area contributed by atoms with E-state index in [1.54, 1.807) is 0 Å². The number of hydrogen-bond acceptors (Lipinski definition) is 4. The molecule has 5 heteroatoms. The van der Waals surface area contributed by atoms with E-state index in [-0.39, 0.29) is 23.6 Å². The highest BCUT2D eigenvalue weighted by molar-refractivity contribution is 5.99. The Balaban J connectivity index is 2.82. The van der Waals surface area contributed by atoms with Crippen molar-refractivity contribution < 1.29 is 20.1 Å². The average Bonchev–Trinajstić information content (AvgIpc) is 2.14. The van der Waals surface area contributed by atoms with Crippen LogP contribution in [-0.4, -0.2) is 33.9 Å². The first-order chi connectivity index (χ1) is 7.02. The van der Waals surface area contributed by atoms with E-state index in [9.17, 15) is 15.0 Å². The molecule has 0 fully saturated rings. The van der Waals surface area contributed by atoms with Gasteiger partial charge in [0, 0.05) is 6.54 Å². The van der Waals surface area contributed by atoms with Gasteiger partial charge in [-0.3, -0.25) is 4.79 Å². The third kappa shape index (κ3) is 2.85. The van der Waals surface area contributed by atoms with Crippen LogP contribution in [0.2, 0.25) is 0 Å². The largest absolute Gasteiger partial charge is 0.507 e. The molecule has 0 aliphatic heterocycles. The van der Waals surface area contributed by atoms with Crippen molar-refractivity contribution in [3.05, 3.63) is 23.8 Å². The van der Waals surface area contributed by atoms with Crippen molar-refractivity contribution in [2.24, 2.45) is 0 Å². The van der Waals surface area contributed by atoms with E-state index < -0.39 is 12.0 Å². The Morgan fingerprint density at radius 2 is 1.93 bits per heavy atom. The zero-order valence-corrected chi connectivity index (χ0v) is 8.27. The Morgan fingerprint density at radius 3 is 2.40 bits per heavy atom. The monoisotopic (exact) mass is 211 g/mol. The van der Waals surface area contributed by atoms with Crippen LogP contribution in [0, 0.1) is 0 Å². The van der Waals surface area contributed by atoms with Gasteiger partial charge in [0.1, 0.15) is 17.1 Å². The smallest absolute Gasteiger partial charge is 0.258 e. The van der Waals surface area contributed by atoms with Gasteiger partial charge in [0.05, 0.1) is 6.10 Å². The quantitative estimate of drug-likeness (QED) is 0.575. The molecule has 0 radical (unpaired) electrons. The SMILES string of the molecule is C[C@@H](O)CNC(=O)c1c(O)cccc1O. The first kappa shape index (κ1) is 11.3. The molecule has 4 N–H and O–H groups in total. The van der Waals surface area contributed by atoms with E-state index in [0.29, 0.717) is 0 Å². The molecular formula is C10H13NO4. The zero-order valence-electron chi connectivity index (χ0n) is 8.27. The fraction of sp³-hybridized carbons (Fsp3) is 0.300. The number of phenolic OH excluding ortho intramolecular Hbond substituents is 2. The van der Waals surface area contributed by atoms with E-state index in [1.165, 1.54) is 25.1 Å². The van der Waals surface area contributed by atoms with E-state index in [4.69, 9.17) is 5.11 Å². The van der Waals surface area contributed by atoms with Crippen molar-refractivity contribution in [3.63, 3.8) is 0 Å². The first-order valence-electron chi connectivity index (χ1n) is 4.49. The van der Waals surface area contributed by atoms with Gasteiger partial charge in [0.25, 0.3) is 5.91 Å². The first-order valence-corrected chi connectivity index (χ1v) is 4.49. The maximum atomic E-state index is 11.4. The van der Waals surface area contributed by atoms with Crippen LogP contribution in [0.4, 0.5) is 0 Å². The van der Waals surface area contributed by atoms with Crippen LogP contribution < -0.4 is 5.32 Å². The predicted molar refractivity (Wildman–Crippen MR) is 53.8 cm³/mol. The van der Waals surface area contributed by atoms with E-state index in [0.717, 1.165) is 0 Å². The number of nitrogens with one attached hydrogen (secondary N) is 1. The van der Waals surface area contributed by atoms with Crippen molar-refractivity contribution in [1.29, 1.82) is 0 Å². The molecule has 5 nitrogen and oxygen atoms in total. The molecule has 0 aliphatic rings. The van der Waals surface area contributed by atoms with Crippen molar-refractivity contribution in [1.82, 2.24) is 5.32 Å². The number of aromatic hydroxyl groups is 2. The summed E-state index contributed by atoms with van der Waals surface area (Å²) in [6.07, 6.45) is -0.679. The van der Waals surface area contributed by atoms with Gasteiger partial charge in [0.2, 0.25) is 0 Å².